The minimum absolute atomic E-state index is 3.36. The van der Waals surface area contributed by atoms with E-state index < -0.39 is 24.2 Å². The summed E-state index contributed by atoms with van der Waals surface area (Å²) in [6.07, 6.45) is -6.72. The van der Waals surface area contributed by atoms with Crippen LogP contribution in [0.15, 0.2) is 0 Å². The lowest BCUT2D eigenvalue weighted by molar-refractivity contribution is -0.351. The van der Waals surface area contributed by atoms with Gasteiger partial charge in [0.1, 0.15) is 0 Å². The topological polar surface area (TPSA) is 0 Å². The van der Waals surface area contributed by atoms with E-state index in [2.05, 4.69) is 0 Å². The van der Waals surface area contributed by atoms with E-state index in [1.165, 1.54) is 0 Å². The highest BCUT2D eigenvalue weighted by atomic mass is 19.3. The van der Waals surface area contributed by atoms with E-state index in [1.807, 2.05) is 0 Å². The number of alkyl halides is 6. The summed E-state index contributed by atoms with van der Waals surface area (Å²) in [4.78, 5) is 0. The maximum atomic E-state index is 11.6. The molecule has 0 aromatic rings. The van der Waals surface area contributed by atoms with Gasteiger partial charge in [-0.15, -0.1) is 0 Å². The molecular weight excluding hydrogens is 162 g/mol. The highest BCUT2D eigenvalue weighted by Crippen LogP contribution is 2.54. The molecule has 0 aliphatic heterocycles. The molecule has 0 bridgehead atoms. The first-order valence-electron chi connectivity index (χ1n) is 2.35. The monoisotopic (exact) mass is 164 g/mol. The SMILES string of the molecule is F[C@@H]1[C@@H](F)C(F)(F)C1(F)F. The van der Waals surface area contributed by atoms with Gasteiger partial charge in [0.25, 0.3) is 0 Å². The number of rotatable bonds is 0. The summed E-state index contributed by atoms with van der Waals surface area (Å²) in [6.45, 7) is 0. The van der Waals surface area contributed by atoms with Crippen LogP contribution in [-0.2, 0) is 0 Å². The molecule has 0 aromatic heterocycles. The van der Waals surface area contributed by atoms with Gasteiger partial charge in [-0.1, -0.05) is 0 Å². The Bertz CT molecular complexity index is 134. The zero-order valence-corrected chi connectivity index (χ0v) is 4.42. The van der Waals surface area contributed by atoms with Crippen LogP contribution in [-0.4, -0.2) is 24.2 Å². The molecule has 0 nitrogen and oxygen atoms in total. The normalized spacial score (nSPS) is 42.6. The number of hydrogen-bond acceptors (Lipinski definition) is 0. The molecule has 0 heterocycles. The van der Waals surface area contributed by atoms with E-state index in [9.17, 15) is 26.3 Å². The summed E-state index contributed by atoms with van der Waals surface area (Å²) in [5.74, 6) is -9.65. The van der Waals surface area contributed by atoms with E-state index in [0.29, 0.717) is 0 Å². The van der Waals surface area contributed by atoms with Crippen LogP contribution in [0.5, 0.6) is 0 Å². The lowest BCUT2D eigenvalue weighted by Crippen LogP contribution is -2.70. The fourth-order valence-corrected chi connectivity index (χ4v) is 0.639. The van der Waals surface area contributed by atoms with Crippen molar-refractivity contribution in [1.82, 2.24) is 0 Å². The first-order chi connectivity index (χ1) is 4.32. The van der Waals surface area contributed by atoms with Crippen LogP contribution in [0.25, 0.3) is 0 Å². The lowest BCUT2D eigenvalue weighted by Gasteiger charge is -2.41. The second-order valence-corrected chi connectivity index (χ2v) is 2.05. The van der Waals surface area contributed by atoms with Gasteiger partial charge in [-0.2, -0.15) is 17.6 Å². The van der Waals surface area contributed by atoms with Crippen molar-refractivity contribution in [3.63, 3.8) is 0 Å². The Morgan fingerprint density at radius 1 is 0.700 bits per heavy atom. The molecule has 0 saturated heterocycles. The van der Waals surface area contributed by atoms with Gasteiger partial charge in [-0.25, -0.2) is 8.78 Å². The summed E-state index contributed by atoms with van der Waals surface area (Å²) >= 11 is 0. The van der Waals surface area contributed by atoms with Crippen LogP contribution >= 0.6 is 0 Å². The third kappa shape index (κ3) is 0.543. The van der Waals surface area contributed by atoms with Crippen molar-refractivity contribution < 1.29 is 26.3 Å². The van der Waals surface area contributed by atoms with Crippen LogP contribution in [0.3, 0.4) is 0 Å². The van der Waals surface area contributed by atoms with Crippen molar-refractivity contribution >= 4 is 0 Å². The lowest BCUT2D eigenvalue weighted by atomic mass is 9.85. The molecule has 0 amide bonds. The molecule has 1 saturated carbocycles. The highest BCUT2D eigenvalue weighted by Gasteiger charge is 2.81. The highest BCUT2D eigenvalue weighted by molar-refractivity contribution is 5.12. The van der Waals surface area contributed by atoms with Crippen molar-refractivity contribution in [2.24, 2.45) is 0 Å². The van der Waals surface area contributed by atoms with Crippen LogP contribution in [0, 0.1) is 0 Å². The van der Waals surface area contributed by atoms with E-state index in [4.69, 9.17) is 0 Å². The third-order valence-corrected chi connectivity index (χ3v) is 1.39. The Morgan fingerprint density at radius 3 is 1.00 bits per heavy atom. The van der Waals surface area contributed by atoms with E-state index >= 15 is 0 Å². The Labute approximate surface area is 51.8 Å². The average Bonchev–Trinajstić information content (AvgIpc) is 1.84. The van der Waals surface area contributed by atoms with E-state index in [-0.39, 0.29) is 0 Å². The van der Waals surface area contributed by atoms with Gasteiger partial charge in [0.05, 0.1) is 0 Å². The minimum atomic E-state index is -4.83. The van der Waals surface area contributed by atoms with Gasteiger partial charge in [0.2, 0.25) is 12.3 Å². The van der Waals surface area contributed by atoms with E-state index in [0.717, 1.165) is 0 Å². The van der Waals surface area contributed by atoms with Crippen LogP contribution in [0.1, 0.15) is 0 Å². The van der Waals surface area contributed by atoms with Gasteiger partial charge in [-0.3, -0.25) is 0 Å². The number of halogens is 6. The first kappa shape index (κ1) is 7.68. The zero-order valence-electron chi connectivity index (χ0n) is 4.42. The summed E-state index contributed by atoms with van der Waals surface area (Å²) in [6, 6.07) is 0. The molecular formula is C4H2F6. The molecule has 0 N–H and O–H groups in total. The largest absolute Gasteiger partial charge is 0.346 e. The molecule has 0 aromatic carbocycles. The van der Waals surface area contributed by atoms with Crippen molar-refractivity contribution in [1.29, 1.82) is 0 Å². The van der Waals surface area contributed by atoms with Gasteiger partial charge in [0, 0.05) is 0 Å². The Hall–Kier alpha value is -0.420. The molecule has 1 aliphatic carbocycles. The van der Waals surface area contributed by atoms with Crippen LogP contribution in [0.4, 0.5) is 26.3 Å². The first-order valence-corrected chi connectivity index (χ1v) is 2.35. The van der Waals surface area contributed by atoms with Crippen molar-refractivity contribution in [3.8, 4) is 0 Å². The van der Waals surface area contributed by atoms with Crippen molar-refractivity contribution in [2.75, 3.05) is 0 Å². The van der Waals surface area contributed by atoms with E-state index in [1.54, 1.807) is 0 Å². The molecule has 0 unspecified atom stereocenters. The van der Waals surface area contributed by atoms with Gasteiger partial charge >= 0.3 is 11.8 Å². The number of hydrogen-bond donors (Lipinski definition) is 0. The standard InChI is InChI=1S/C4H2F6/c5-1-2(6)4(9,10)3(1,7)8/h1-2H/t1-,2-/m1/s1. The molecule has 2 atom stereocenters. The Morgan fingerprint density at radius 2 is 0.900 bits per heavy atom. The van der Waals surface area contributed by atoms with Crippen LogP contribution < -0.4 is 0 Å². The van der Waals surface area contributed by atoms with Gasteiger partial charge < -0.3 is 0 Å². The van der Waals surface area contributed by atoms with Gasteiger partial charge in [0.15, 0.2) is 0 Å². The average molecular weight is 164 g/mol. The molecule has 6 heteroatoms. The summed E-state index contributed by atoms with van der Waals surface area (Å²) in [7, 11) is 0. The predicted molar refractivity (Wildman–Crippen MR) is 19.7 cm³/mol. The molecule has 1 aliphatic rings. The maximum Gasteiger partial charge on any atom is 0.346 e. The fourth-order valence-electron chi connectivity index (χ4n) is 0.639. The van der Waals surface area contributed by atoms with Crippen molar-refractivity contribution in [2.45, 2.75) is 24.2 Å². The molecule has 1 fully saturated rings. The van der Waals surface area contributed by atoms with Crippen LogP contribution in [0.2, 0.25) is 0 Å². The smallest absolute Gasteiger partial charge is 0.237 e. The second-order valence-electron chi connectivity index (χ2n) is 2.05. The molecule has 1 rings (SSSR count). The summed E-state index contributed by atoms with van der Waals surface area (Å²) < 4.78 is 69.5. The zero-order chi connectivity index (χ0) is 8.15. The fraction of sp³-hybridized carbons (Fsp3) is 1.00. The van der Waals surface area contributed by atoms with Gasteiger partial charge in [-0.05, 0) is 0 Å². The summed E-state index contributed by atoms with van der Waals surface area (Å²) in [5.41, 5.74) is 0. The molecule has 0 radical (unpaired) electrons. The Balaban J connectivity index is 2.82. The van der Waals surface area contributed by atoms with Crippen molar-refractivity contribution in [3.05, 3.63) is 0 Å². The molecule has 10 heavy (non-hydrogen) atoms. The second kappa shape index (κ2) is 1.60. The summed E-state index contributed by atoms with van der Waals surface area (Å²) in [5, 5.41) is 0. The maximum absolute atomic E-state index is 11.6. The minimum Gasteiger partial charge on any atom is -0.237 e. The Kier molecular flexibility index (Phi) is 1.23. The molecule has 0 spiro atoms. The molecule has 60 valence electrons. The predicted octanol–water partition coefficient (Wildman–Crippen LogP) is 1.95. The third-order valence-electron chi connectivity index (χ3n) is 1.39. The quantitative estimate of drug-likeness (QED) is 0.480.